The molecule has 0 bridgehead atoms. The van der Waals surface area contributed by atoms with Gasteiger partial charge in [-0.3, -0.25) is 0 Å². The smallest absolute Gasteiger partial charge is 0.128 e. The van der Waals surface area contributed by atoms with E-state index in [4.69, 9.17) is 17.3 Å². The first-order chi connectivity index (χ1) is 9.85. The first-order valence-electron chi connectivity index (χ1n) is 7.03. The molecule has 5 heteroatoms. The topological polar surface area (TPSA) is 38.9 Å². The Balaban J connectivity index is 1.92. The fourth-order valence-corrected chi connectivity index (χ4v) is 4.30. The van der Waals surface area contributed by atoms with Gasteiger partial charge >= 0.3 is 0 Å². The van der Waals surface area contributed by atoms with Crippen molar-refractivity contribution in [3.63, 3.8) is 0 Å². The van der Waals surface area contributed by atoms with Crippen molar-refractivity contribution in [2.45, 2.75) is 39.2 Å². The van der Waals surface area contributed by atoms with Crippen molar-refractivity contribution >= 4 is 22.9 Å². The molecule has 0 saturated carbocycles. The minimum Gasteiger partial charge on any atom is -0.323 e. The Bertz CT molecular complexity index is 661. The molecule has 0 radical (unpaired) electrons. The molecule has 1 heterocycles. The summed E-state index contributed by atoms with van der Waals surface area (Å²) in [4.78, 5) is 5.84. The summed E-state index contributed by atoms with van der Waals surface area (Å²) in [7, 11) is 0. The van der Waals surface area contributed by atoms with Gasteiger partial charge in [0.05, 0.1) is 10.7 Å². The summed E-state index contributed by atoms with van der Waals surface area (Å²) in [5.74, 6) is -0.277. The Hall–Kier alpha value is -0.970. The van der Waals surface area contributed by atoms with Crippen LogP contribution < -0.4 is 5.73 Å². The summed E-state index contributed by atoms with van der Waals surface area (Å²) < 4.78 is 13.9. The molecule has 0 aliphatic heterocycles. The summed E-state index contributed by atoms with van der Waals surface area (Å²) in [6.45, 7) is 4.42. The Morgan fingerprint density at radius 1 is 1.48 bits per heavy atom. The fraction of sp³-hybridized carbons (Fsp3) is 0.438. The van der Waals surface area contributed by atoms with E-state index in [0.717, 1.165) is 28.4 Å². The molecule has 2 nitrogen and oxygen atoms in total. The van der Waals surface area contributed by atoms with Crippen molar-refractivity contribution in [1.82, 2.24) is 4.98 Å². The molecular weight excluding hydrogens is 307 g/mol. The number of halogens is 2. The van der Waals surface area contributed by atoms with E-state index in [1.54, 1.807) is 23.5 Å². The number of nitrogens with two attached hydrogens (primary N) is 1. The molecule has 1 aromatic carbocycles. The number of hydrogen-bond donors (Lipinski definition) is 1. The summed E-state index contributed by atoms with van der Waals surface area (Å²) in [5.41, 5.74) is 8.02. The molecular formula is C16H18ClFN2S. The monoisotopic (exact) mass is 324 g/mol. The summed E-state index contributed by atoms with van der Waals surface area (Å²) >= 11 is 7.69. The van der Waals surface area contributed by atoms with Crippen molar-refractivity contribution < 1.29 is 4.39 Å². The van der Waals surface area contributed by atoms with Gasteiger partial charge in [-0.2, -0.15) is 0 Å². The summed E-state index contributed by atoms with van der Waals surface area (Å²) in [6.07, 6.45) is 2.32. The van der Waals surface area contributed by atoms with Crippen molar-refractivity contribution in [3.05, 3.63) is 50.2 Å². The van der Waals surface area contributed by atoms with Crippen molar-refractivity contribution in [2.24, 2.45) is 11.1 Å². The SMILES string of the molecule is CC1(C)Cc2nc(Cc3c(F)cccc3Cl)sc2C(N)C1. The maximum absolute atomic E-state index is 13.9. The first-order valence-corrected chi connectivity index (χ1v) is 8.22. The van der Waals surface area contributed by atoms with Crippen LogP contribution in [0.5, 0.6) is 0 Å². The molecule has 1 aromatic heterocycles. The van der Waals surface area contributed by atoms with Crippen LogP contribution in [0.3, 0.4) is 0 Å². The number of rotatable bonds is 2. The molecule has 1 aliphatic rings. The Labute approximate surface area is 133 Å². The number of benzene rings is 1. The molecule has 0 saturated heterocycles. The Morgan fingerprint density at radius 3 is 2.95 bits per heavy atom. The third-order valence-electron chi connectivity index (χ3n) is 3.92. The van der Waals surface area contributed by atoms with Gasteiger partial charge in [0.1, 0.15) is 5.82 Å². The molecule has 1 unspecified atom stereocenters. The highest BCUT2D eigenvalue weighted by Crippen LogP contribution is 2.42. The predicted octanol–water partition coefficient (Wildman–Crippen LogP) is 4.50. The maximum atomic E-state index is 13.9. The summed E-state index contributed by atoms with van der Waals surface area (Å²) in [6, 6.07) is 4.80. The molecule has 0 amide bonds. The van der Waals surface area contributed by atoms with Gasteiger partial charge in [-0.1, -0.05) is 31.5 Å². The number of hydrogen-bond acceptors (Lipinski definition) is 3. The highest BCUT2D eigenvalue weighted by atomic mass is 35.5. The second-order valence-corrected chi connectivity index (χ2v) is 7.97. The van der Waals surface area contributed by atoms with E-state index in [1.807, 2.05) is 0 Å². The van der Waals surface area contributed by atoms with E-state index in [9.17, 15) is 4.39 Å². The van der Waals surface area contributed by atoms with Gasteiger partial charge in [-0.05, 0) is 30.4 Å². The maximum Gasteiger partial charge on any atom is 0.128 e. The number of fused-ring (bicyclic) bond motifs is 1. The highest BCUT2D eigenvalue weighted by Gasteiger charge is 2.33. The second-order valence-electron chi connectivity index (χ2n) is 6.45. The minimum atomic E-state index is -0.277. The summed E-state index contributed by atoms with van der Waals surface area (Å²) in [5, 5.41) is 1.34. The van der Waals surface area contributed by atoms with Crippen molar-refractivity contribution in [3.8, 4) is 0 Å². The van der Waals surface area contributed by atoms with Crippen LogP contribution >= 0.6 is 22.9 Å². The quantitative estimate of drug-likeness (QED) is 0.883. The lowest BCUT2D eigenvalue weighted by atomic mass is 9.77. The third kappa shape index (κ3) is 2.98. The molecule has 1 atom stereocenters. The van der Waals surface area contributed by atoms with Gasteiger partial charge in [0.2, 0.25) is 0 Å². The van der Waals surface area contributed by atoms with Crippen LogP contribution in [0.2, 0.25) is 5.02 Å². The van der Waals surface area contributed by atoms with Crippen LogP contribution in [0.4, 0.5) is 4.39 Å². The van der Waals surface area contributed by atoms with E-state index in [-0.39, 0.29) is 17.3 Å². The molecule has 0 fully saturated rings. The van der Waals surface area contributed by atoms with Gasteiger partial charge in [0.25, 0.3) is 0 Å². The van der Waals surface area contributed by atoms with Crippen LogP contribution in [0.25, 0.3) is 0 Å². The van der Waals surface area contributed by atoms with Gasteiger partial charge in [0, 0.05) is 27.9 Å². The van der Waals surface area contributed by atoms with Crippen LogP contribution in [0, 0.1) is 11.2 Å². The zero-order valence-corrected chi connectivity index (χ0v) is 13.7. The van der Waals surface area contributed by atoms with Gasteiger partial charge in [-0.25, -0.2) is 9.37 Å². The normalized spacial score (nSPS) is 20.3. The molecule has 0 spiro atoms. The van der Waals surface area contributed by atoms with Crippen LogP contribution in [-0.2, 0) is 12.8 Å². The van der Waals surface area contributed by atoms with E-state index in [2.05, 4.69) is 18.8 Å². The fourth-order valence-electron chi connectivity index (χ4n) is 2.97. The molecule has 3 rings (SSSR count). The molecule has 2 aromatic rings. The zero-order valence-electron chi connectivity index (χ0n) is 12.1. The number of aromatic nitrogens is 1. The number of thiazole rings is 1. The third-order valence-corrected chi connectivity index (χ3v) is 5.50. The highest BCUT2D eigenvalue weighted by molar-refractivity contribution is 7.11. The minimum absolute atomic E-state index is 0.0334. The average molecular weight is 325 g/mol. The van der Waals surface area contributed by atoms with Crippen LogP contribution in [0.1, 0.15) is 47.5 Å². The van der Waals surface area contributed by atoms with Crippen molar-refractivity contribution in [1.29, 1.82) is 0 Å². The largest absolute Gasteiger partial charge is 0.323 e. The van der Waals surface area contributed by atoms with Crippen LogP contribution in [-0.4, -0.2) is 4.98 Å². The molecule has 1 aliphatic carbocycles. The Morgan fingerprint density at radius 2 is 2.24 bits per heavy atom. The first kappa shape index (κ1) is 14.9. The van der Waals surface area contributed by atoms with Gasteiger partial charge in [-0.15, -0.1) is 11.3 Å². The molecule has 2 N–H and O–H groups in total. The lowest BCUT2D eigenvalue weighted by Crippen LogP contribution is -2.28. The average Bonchev–Trinajstić information content (AvgIpc) is 2.75. The van der Waals surface area contributed by atoms with Gasteiger partial charge < -0.3 is 5.73 Å². The standard InChI is InChI=1S/C16H18ClFN2S/c1-16(2)7-12(19)15-13(8-16)20-14(21-15)6-9-10(17)4-3-5-11(9)18/h3-5,12H,6-8,19H2,1-2H3. The predicted molar refractivity (Wildman–Crippen MR) is 85.4 cm³/mol. The lowest BCUT2D eigenvalue weighted by molar-refractivity contribution is 0.282. The zero-order chi connectivity index (χ0) is 15.2. The van der Waals surface area contributed by atoms with E-state index >= 15 is 0 Å². The van der Waals surface area contributed by atoms with E-state index < -0.39 is 0 Å². The molecule has 112 valence electrons. The Kier molecular flexibility index (Phi) is 3.80. The second kappa shape index (κ2) is 5.34. The van der Waals surface area contributed by atoms with Gasteiger partial charge in [0.15, 0.2) is 0 Å². The van der Waals surface area contributed by atoms with Crippen LogP contribution in [0.15, 0.2) is 18.2 Å². The van der Waals surface area contributed by atoms with E-state index in [1.165, 1.54) is 6.07 Å². The van der Waals surface area contributed by atoms with E-state index in [0.29, 0.717) is 17.0 Å². The lowest BCUT2D eigenvalue weighted by Gasteiger charge is -2.32. The van der Waals surface area contributed by atoms with Crippen molar-refractivity contribution in [2.75, 3.05) is 0 Å². The molecule has 21 heavy (non-hydrogen) atoms. The number of nitrogens with zero attached hydrogens (tertiary/aromatic N) is 1.